The standard InChI is InChI=1S/C13H19NO2/c1-9-11(5-7-16-9)12(15)14-10-4-6-13(2,3)8-10/h5,7,10H,4,6,8H2,1-3H3,(H,14,15). The van der Waals surface area contributed by atoms with Crippen molar-refractivity contribution in [2.24, 2.45) is 5.41 Å². The third kappa shape index (κ3) is 2.29. The number of furan rings is 1. The Labute approximate surface area is 96.2 Å². The quantitative estimate of drug-likeness (QED) is 0.834. The molecule has 2 rings (SSSR count). The van der Waals surface area contributed by atoms with Crippen molar-refractivity contribution in [3.05, 3.63) is 23.7 Å². The Hall–Kier alpha value is -1.25. The van der Waals surface area contributed by atoms with Gasteiger partial charge < -0.3 is 9.73 Å². The number of hydrogen-bond acceptors (Lipinski definition) is 2. The summed E-state index contributed by atoms with van der Waals surface area (Å²) in [6.07, 6.45) is 4.89. The lowest BCUT2D eigenvalue weighted by Crippen LogP contribution is -2.33. The molecule has 1 unspecified atom stereocenters. The first-order valence-electron chi connectivity index (χ1n) is 5.83. The highest BCUT2D eigenvalue weighted by molar-refractivity contribution is 5.95. The zero-order valence-electron chi connectivity index (χ0n) is 10.2. The molecule has 1 heterocycles. The summed E-state index contributed by atoms with van der Waals surface area (Å²) in [6, 6.07) is 2.04. The minimum atomic E-state index is -0.00560. The summed E-state index contributed by atoms with van der Waals surface area (Å²) < 4.78 is 5.13. The molecule has 0 bridgehead atoms. The van der Waals surface area contributed by atoms with Crippen LogP contribution in [0.1, 0.15) is 49.2 Å². The Balaban J connectivity index is 1.97. The van der Waals surface area contributed by atoms with Gasteiger partial charge in [-0.05, 0) is 37.7 Å². The van der Waals surface area contributed by atoms with Crippen LogP contribution in [0.4, 0.5) is 0 Å². The summed E-state index contributed by atoms with van der Waals surface area (Å²) in [7, 11) is 0. The number of nitrogens with one attached hydrogen (secondary N) is 1. The van der Waals surface area contributed by atoms with Crippen molar-refractivity contribution >= 4 is 5.91 Å². The first-order chi connectivity index (χ1) is 7.48. The van der Waals surface area contributed by atoms with E-state index in [0.717, 1.165) is 12.8 Å². The van der Waals surface area contributed by atoms with Crippen LogP contribution in [-0.2, 0) is 0 Å². The van der Waals surface area contributed by atoms with Crippen LogP contribution >= 0.6 is 0 Å². The molecule has 1 aliphatic rings. The van der Waals surface area contributed by atoms with Crippen molar-refractivity contribution in [3.8, 4) is 0 Å². The van der Waals surface area contributed by atoms with Gasteiger partial charge in [0, 0.05) is 6.04 Å². The maximum atomic E-state index is 11.9. The predicted octanol–water partition coefficient (Wildman–Crippen LogP) is 2.90. The summed E-state index contributed by atoms with van der Waals surface area (Å²) in [5.74, 6) is 0.684. The van der Waals surface area contributed by atoms with Crippen molar-refractivity contribution in [2.75, 3.05) is 0 Å². The first kappa shape index (κ1) is 11.2. The fourth-order valence-corrected chi connectivity index (χ4v) is 2.44. The molecule has 0 aliphatic heterocycles. The van der Waals surface area contributed by atoms with Crippen molar-refractivity contribution in [2.45, 2.75) is 46.1 Å². The highest BCUT2D eigenvalue weighted by atomic mass is 16.3. The first-order valence-corrected chi connectivity index (χ1v) is 5.83. The summed E-state index contributed by atoms with van der Waals surface area (Å²) >= 11 is 0. The van der Waals surface area contributed by atoms with E-state index in [9.17, 15) is 4.79 Å². The van der Waals surface area contributed by atoms with Gasteiger partial charge >= 0.3 is 0 Å². The van der Waals surface area contributed by atoms with E-state index >= 15 is 0 Å². The van der Waals surface area contributed by atoms with E-state index in [0.29, 0.717) is 22.8 Å². The van der Waals surface area contributed by atoms with Crippen LogP contribution in [0.5, 0.6) is 0 Å². The van der Waals surface area contributed by atoms with E-state index in [1.165, 1.54) is 6.42 Å². The zero-order valence-corrected chi connectivity index (χ0v) is 10.2. The van der Waals surface area contributed by atoms with E-state index in [1.54, 1.807) is 12.3 Å². The molecule has 1 saturated carbocycles. The Bertz CT molecular complexity index is 392. The lowest BCUT2D eigenvalue weighted by Gasteiger charge is -2.17. The third-order valence-electron chi connectivity index (χ3n) is 3.41. The molecule has 0 spiro atoms. The second-order valence-corrected chi connectivity index (χ2v) is 5.47. The van der Waals surface area contributed by atoms with Gasteiger partial charge in [-0.2, -0.15) is 0 Å². The minimum absolute atomic E-state index is 0.00560. The zero-order chi connectivity index (χ0) is 11.8. The molecule has 0 radical (unpaired) electrons. The highest BCUT2D eigenvalue weighted by Crippen LogP contribution is 2.37. The van der Waals surface area contributed by atoms with Crippen molar-refractivity contribution in [1.29, 1.82) is 0 Å². The largest absolute Gasteiger partial charge is 0.469 e. The molecule has 1 atom stereocenters. The number of rotatable bonds is 2. The van der Waals surface area contributed by atoms with Crippen molar-refractivity contribution in [3.63, 3.8) is 0 Å². The van der Waals surface area contributed by atoms with E-state index in [1.807, 2.05) is 6.92 Å². The molecule has 1 N–H and O–H groups in total. The molecule has 3 nitrogen and oxygen atoms in total. The molecule has 16 heavy (non-hydrogen) atoms. The molecule has 88 valence electrons. The van der Waals surface area contributed by atoms with Gasteiger partial charge in [0.2, 0.25) is 0 Å². The van der Waals surface area contributed by atoms with Crippen molar-refractivity contribution < 1.29 is 9.21 Å². The van der Waals surface area contributed by atoms with Gasteiger partial charge in [-0.3, -0.25) is 4.79 Å². The Morgan fingerprint density at radius 1 is 1.56 bits per heavy atom. The van der Waals surface area contributed by atoms with E-state index in [2.05, 4.69) is 19.2 Å². The van der Waals surface area contributed by atoms with E-state index in [-0.39, 0.29) is 5.91 Å². The number of hydrogen-bond donors (Lipinski definition) is 1. The van der Waals surface area contributed by atoms with Crippen LogP contribution in [-0.4, -0.2) is 11.9 Å². The van der Waals surface area contributed by atoms with E-state index < -0.39 is 0 Å². The fraction of sp³-hybridized carbons (Fsp3) is 0.615. The Kier molecular flexibility index (Phi) is 2.78. The molecule has 1 amide bonds. The molecule has 0 saturated heterocycles. The molecule has 1 aromatic heterocycles. The monoisotopic (exact) mass is 221 g/mol. The molecule has 1 aromatic rings. The summed E-state index contributed by atoms with van der Waals surface area (Å²) in [5.41, 5.74) is 1.02. The topological polar surface area (TPSA) is 42.2 Å². The number of carbonyl (C=O) groups excluding carboxylic acids is 1. The average Bonchev–Trinajstić information content (AvgIpc) is 2.72. The maximum Gasteiger partial charge on any atom is 0.255 e. The second kappa shape index (κ2) is 3.96. The minimum Gasteiger partial charge on any atom is -0.469 e. The third-order valence-corrected chi connectivity index (χ3v) is 3.41. The maximum absolute atomic E-state index is 11.9. The SMILES string of the molecule is Cc1occc1C(=O)NC1CCC(C)(C)C1. The summed E-state index contributed by atoms with van der Waals surface area (Å²) in [6.45, 7) is 6.32. The Morgan fingerprint density at radius 2 is 2.31 bits per heavy atom. The smallest absolute Gasteiger partial charge is 0.255 e. The predicted molar refractivity (Wildman–Crippen MR) is 62.3 cm³/mol. The lowest BCUT2D eigenvalue weighted by molar-refractivity contribution is 0.0934. The summed E-state index contributed by atoms with van der Waals surface area (Å²) in [5, 5.41) is 3.08. The van der Waals surface area contributed by atoms with Gasteiger partial charge in [-0.1, -0.05) is 13.8 Å². The normalized spacial score (nSPS) is 23.3. The number of carbonyl (C=O) groups is 1. The molecular formula is C13H19NO2. The number of amides is 1. The van der Waals surface area contributed by atoms with Crippen LogP contribution in [0.25, 0.3) is 0 Å². The molecule has 0 aromatic carbocycles. The van der Waals surface area contributed by atoms with Gasteiger partial charge in [0.05, 0.1) is 11.8 Å². The van der Waals surface area contributed by atoms with Gasteiger partial charge in [0.1, 0.15) is 5.76 Å². The molecule has 3 heteroatoms. The Morgan fingerprint density at radius 3 is 2.81 bits per heavy atom. The van der Waals surface area contributed by atoms with Gasteiger partial charge in [0.25, 0.3) is 5.91 Å². The number of aryl methyl sites for hydroxylation is 1. The molecule has 1 aliphatic carbocycles. The lowest BCUT2D eigenvalue weighted by atomic mass is 9.92. The van der Waals surface area contributed by atoms with E-state index in [4.69, 9.17) is 4.42 Å². The summed E-state index contributed by atoms with van der Waals surface area (Å²) in [4.78, 5) is 11.9. The highest BCUT2D eigenvalue weighted by Gasteiger charge is 2.32. The molecular weight excluding hydrogens is 202 g/mol. The van der Waals surface area contributed by atoms with Crippen LogP contribution in [0.2, 0.25) is 0 Å². The van der Waals surface area contributed by atoms with Crippen LogP contribution in [0.15, 0.2) is 16.7 Å². The second-order valence-electron chi connectivity index (χ2n) is 5.47. The van der Waals surface area contributed by atoms with Gasteiger partial charge in [-0.25, -0.2) is 0 Å². The van der Waals surface area contributed by atoms with Crippen LogP contribution in [0.3, 0.4) is 0 Å². The van der Waals surface area contributed by atoms with Gasteiger partial charge in [-0.15, -0.1) is 0 Å². The van der Waals surface area contributed by atoms with Gasteiger partial charge in [0.15, 0.2) is 0 Å². The van der Waals surface area contributed by atoms with Crippen LogP contribution in [0, 0.1) is 12.3 Å². The fourth-order valence-electron chi connectivity index (χ4n) is 2.44. The van der Waals surface area contributed by atoms with Crippen LogP contribution < -0.4 is 5.32 Å². The molecule has 1 fully saturated rings. The van der Waals surface area contributed by atoms with Crippen molar-refractivity contribution in [1.82, 2.24) is 5.32 Å². The average molecular weight is 221 g/mol.